The fourth-order valence-electron chi connectivity index (χ4n) is 3.05. The van der Waals surface area contributed by atoms with Crippen LogP contribution in [0.5, 0.6) is 0 Å². The maximum atomic E-state index is 9.73. The third kappa shape index (κ3) is 3.42. The van der Waals surface area contributed by atoms with Crippen molar-refractivity contribution in [2.75, 3.05) is 23.7 Å². The molecule has 0 atom stereocenters. The summed E-state index contributed by atoms with van der Waals surface area (Å²) in [5.74, 6) is 0.963. The van der Waals surface area contributed by atoms with E-state index in [-0.39, 0.29) is 12.6 Å². The summed E-state index contributed by atoms with van der Waals surface area (Å²) < 4.78 is 2.05. The summed E-state index contributed by atoms with van der Waals surface area (Å²) in [6, 6.07) is 1.78. The maximum absolute atomic E-state index is 9.73. The van der Waals surface area contributed by atoms with Gasteiger partial charge in [-0.2, -0.15) is 0 Å². The first kappa shape index (κ1) is 17.6. The number of imidazole rings is 1. The van der Waals surface area contributed by atoms with Crippen LogP contribution >= 0.6 is 0 Å². The number of hydrogen-bond donors (Lipinski definition) is 3. The number of pyridine rings is 1. The molecule has 3 aromatic rings. The number of nitrogen functional groups attached to an aromatic ring is 1. The second kappa shape index (κ2) is 7.79. The van der Waals surface area contributed by atoms with Crippen LogP contribution in [0.2, 0.25) is 0 Å². The number of piperidine rings is 1. The molecular formula is C17H20N6O3. The third-order valence-corrected chi connectivity index (χ3v) is 4.32. The van der Waals surface area contributed by atoms with Crippen LogP contribution in [-0.2, 0) is 4.79 Å². The zero-order valence-electron chi connectivity index (χ0n) is 14.1. The summed E-state index contributed by atoms with van der Waals surface area (Å²) in [4.78, 5) is 23.5. The maximum Gasteiger partial charge on any atom is 0.290 e. The molecule has 9 heteroatoms. The Morgan fingerprint density at radius 1 is 1.15 bits per heavy atom. The van der Waals surface area contributed by atoms with Gasteiger partial charge in [-0.05, 0) is 18.9 Å². The molecule has 26 heavy (non-hydrogen) atoms. The lowest BCUT2D eigenvalue weighted by Gasteiger charge is -2.31. The van der Waals surface area contributed by atoms with Gasteiger partial charge in [0.25, 0.3) is 6.47 Å². The average Bonchev–Trinajstić information content (AvgIpc) is 3.08. The largest absolute Gasteiger partial charge is 0.483 e. The Balaban J connectivity index is 0.000000613. The minimum atomic E-state index is -0.250. The number of aromatic nitrogens is 4. The minimum Gasteiger partial charge on any atom is -0.483 e. The van der Waals surface area contributed by atoms with Crippen LogP contribution in [0.1, 0.15) is 12.8 Å². The molecule has 1 aliphatic heterocycles. The second-order valence-electron chi connectivity index (χ2n) is 5.89. The van der Waals surface area contributed by atoms with Crippen molar-refractivity contribution in [2.24, 2.45) is 0 Å². The fourth-order valence-corrected chi connectivity index (χ4v) is 3.05. The van der Waals surface area contributed by atoms with Crippen molar-refractivity contribution in [1.29, 1.82) is 0 Å². The highest BCUT2D eigenvalue weighted by Gasteiger charge is 2.21. The molecule has 1 fully saturated rings. The number of aliphatic hydroxyl groups excluding tert-OH is 1. The highest BCUT2D eigenvalue weighted by molar-refractivity contribution is 5.76. The zero-order chi connectivity index (χ0) is 18.5. The van der Waals surface area contributed by atoms with Crippen LogP contribution in [0.15, 0.2) is 37.1 Å². The molecule has 9 nitrogen and oxygen atoms in total. The standard InChI is InChI=1S/C16H18N6O.CH2O2/c17-13-1-4-18-7-12(13)14-8-20-15-9-19-10-16(22(14)15)21-5-2-11(23)3-6-21;2-1-3/h1,4,7-11,23H,2-3,5-6H2,(H2,17,18);1H,(H,2,3). The molecule has 0 unspecified atom stereocenters. The van der Waals surface area contributed by atoms with E-state index in [1.54, 1.807) is 30.9 Å². The van der Waals surface area contributed by atoms with Gasteiger partial charge in [0, 0.05) is 36.7 Å². The zero-order valence-corrected chi connectivity index (χ0v) is 14.1. The first-order valence-corrected chi connectivity index (χ1v) is 8.18. The van der Waals surface area contributed by atoms with Gasteiger partial charge in [-0.1, -0.05) is 0 Å². The number of carboxylic acid groups (broad SMARTS) is 1. The first-order valence-electron chi connectivity index (χ1n) is 8.18. The molecule has 136 valence electrons. The van der Waals surface area contributed by atoms with E-state index in [2.05, 4.69) is 24.3 Å². The van der Waals surface area contributed by atoms with Crippen molar-refractivity contribution in [3.05, 3.63) is 37.1 Å². The molecule has 0 aromatic carbocycles. The van der Waals surface area contributed by atoms with E-state index in [4.69, 9.17) is 15.6 Å². The molecule has 4 rings (SSSR count). The number of rotatable bonds is 2. The van der Waals surface area contributed by atoms with Crippen molar-refractivity contribution in [1.82, 2.24) is 19.4 Å². The monoisotopic (exact) mass is 356 g/mol. The van der Waals surface area contributed by atoms with Crippen LogP contribution in [0, 0.1) is 0 Å². The van der Waals surface area contributed by atoms with E-state index in [0.717, 1.165) is 48.7 Å². The van der Waals surface area contributed by atoms with Crippen molar-refractivity contribution in [3.63, 3.8) is 0 Å². The molecule has 1 saturated heterocycles. The second-order valence-corrected chi connectivity index (χ2v) is 5.89. The van der Waals surface area contributed by atoms with Gasteiger partial charge < -0.3 is 20.8 Å². The molecule has 3 aromatic heterocycles. The van der Waals surface area contributed by atoms with Crippen LogP contribution in [0.3, 0.4) is 0 Å². The summed E-state index contributed by atoms with van der Waals surface area (Å²) >= 11 is 0. The lowest BCUT2D eigenvalue weighted by atomic mass is 10.1. The molecule has 0 radical (unpaired) electrons. The fraction of sp³-hybridized carbons (Fsp3) is 0.294. The summed E-state index contributed by atoms with van der Waals surface area (Å²) in [5.41, 5.74) is 9.29. The van der Waals surface area contributed by atoms with E-state index < -0.39 is 0 Å². The summed E-state index contributed by atoms with van der Waals surface area (Å²) in [7, 11) is 0. The number of nitrogens with zero attached hydrogens (tertiary/aromatic N) is 5. The molecule has 0 spiro atoms. The van der Waals surface area contributed by atoms with Gasteiger partial charge in [-0.15, -0.1) is 0 Å². The molecule has 0 amide bonds. The van der Waals surface area contributed by atoms with E-state index in [9.17, 15) is 5.11 Å². The molecular weight excluding hydrogens is 336 g/mol. The Morgan fingerprint density at radius 3 is 2.58 bits per heavy atom. The van der Waals surface area contributed by atoms with Crippen LogP contribution in [0.25, 0.3) is 16.9 Å². The molecule has 0 saturated carbocycles. The Hall–Kier alpha value is -3.20. The van der Waals surface area contributed by atoms with Crippen molar-refractivity contribution < 1.29 is 15.0 Å². The normalized spacial score (nSPS) is 14.7. The molecule has 1 aliphatic rings. The highest BCUT2D eigenvalue weighted by atomic mass is 16.3. The van der Waals surface area contributed by atoms with Gasteiger partial charge in [0.15, 0.2) is 5.65 Å². The van der Waals surface area contributed by atoms with Crippen LogP contribution in [0.4, 0.5) is 11.5 Å². The Labute approximate surface area is 149 Å². The minimum absolute atomic E-state index is 0.213. The van der Waals surface area contributed by atoms with E-state index in [1.165, 1.54) is 0 Å². The van der Waals surface area contributed by atoms with Crippen molar-refractivity contribution in [3.8, 4) is 11.3 Å². The van der Waals surface area contributed by atoms with Gasteiger partial charge in [0.05, 0.1) is 30.4 Å². The number of anilines is 2. The van der Waals surface area contributed by atoms with Gasteiger partial charge in [-0.25, -0.2) is 4.98 Å². The number of carbonyl (C=O) groups is 1. The summed E-state index contributed by atoms with van der Waals surface area (Å²) in [5, 5.41) is 16.6. The van der Waals surface area contributed by atoms with E-state index in [0.29, 0.717) is 5.69 Å². The Kier molecular flexibility index (Phi) is 5.28. The van der Waals surface area contributed by atoms with Crippen LogP contribution < -0.4 is 10.6 Å². The summed E-state index contributed by atoms with van der Waals surface area (Å²) in [6.07, 6.45) is 10.1. The molecule has 4 heterocycles. The van der Waals surface area contributed by atoms with Gasteiger partial charge in [0.1, 0.15) is 5.82 Å². The third-order valence-electron chi connectivity index (χ3n) is 4.32. The van der Waals surface area contributed by atoms with E-state index >= 15 is 0 Å². The Bertz CT molecular complexity index is 889. The molecule has 0 bridgehead atoms. The average molecular weight is 356 g/mol. The van der Waals surface area contributed by atoms with Crippen LogP contribution in [-0.4, -0.2) is 55.2 Å². The molecule has 4 N–H and O–H groups in total. The number of aliphatic hydroxyl groups is 1. The predicted octanol–water partition coefficient (Wildman–Crippen LogP) is 1.04. The Morgan fingerprint density at radius 2 is 1.88 bits per heavy atom. The lowest BCUT2D eigenvalue weighted by molar-refractivity contribution is -0.122. The number of fused-ring (bicyclic) bond motifs is 1. The van der Waals surface area contributed by atoms with Crippen molar-refractivity contribution in [2.45, 2.75) is 18.9 Å². The van der Waals surface area contributed by atoms with E-state index in [1.807, 2.05) is 6.20 Å². The lowest BCUT2D eigenvalue weighted by Crippen LogP contribution is -2.36. The first-order chi connectivity index (χ1) is 12.7. The number of hydrogen-bond acceptors (Lipinski definition) is 7. The number of nitrogens with two attached hydrogens (primary N) is 1. The molecule has 0 aliphatic carbocycles. The highest BCUT2D eigenvalue weighted by Crippen LogP contribution is 2.29. The van der Waals surface area contributed by atoms with Gasteiger partial charge in [-0.3, -0.25) is 19.2 Å². The van der Waals surface area contributed by atoms with Gasteiger partial charge in [0.2, 0.25) is 0 Å². The predicted molar refractivity (Wildman–Crippen MR) is 96.8 cm³/mol. The topological polar surface area (TPSA) is 130 Å². The van der Waals surface area contributed by atoms with Gasteiger partial charge >= 0.3 is 0 Å². The van der Waals surface area contributed by atoms with Crippen molar-refractivity contribution >= 4 is 23.6 Å². The summed E-state index contributed by atoms with van der Waals surface area (Å²) in [6.45, 7) is 1.34. The quantitative estimate of drug-likeness (QED) is 0.581. The SMILES string of the molecule is Nc1ccncc1-c1cnc2cncc(N3CCC(O)CC3)n12.O=CO. The smallest absolute Gasteiger partial charge is 0.290 e.